The third-order valence-electron chi connectivity index (χ3n) is 4.20. The maximum absolute atomic E-state index is 6.29. The van der Waals surface area contributed by atoms with Crippen LogP contribution in [0.2, 0.25) is 0 Å². The van der Waals surface area contributed by atoms with E-state index in [2.05, 4.69) is 51.1 Å². The molecule has 21 heavy (non-hydrogen) atoms. The second kappa shape index (κ2) is 5.19. The normalized spacial score (nSPS) is 21.5. The highest BCUT2D eigenvalue weighted by Gasteiger charge is 2.27. The van der Waals surface area contributed by atoms with E-state index in [0.29, 0.717) is 0 Å². The van der Waals surface area contributed by atoms with Gasteiger partial charge in [-0.3, -0.25) is 0 Å². The van der Waals surface area contributed by atoms with Crippen LogP contribution in [-0.2, 0) is 5.41 Å². The molecule has 1 aliphatic rings. The van der Waals surface area contributed by atoms with Gasteiger partial charge in [0, 0.05) is 18.0 Å². The molecule has 0 amide bonds. The van der Waals surface area contributed by atoms with Gasteiger partial charge in [0.2, 0.25) is 0 Å². The van der Waals surface area contributed by atoms with Crippen molar-refractivity contribution in [1.82, 2.24) is 0 Å². The first-order chi connectivity index (χ1) is 9.95. The summed E-state index contributed by atoms with van der Waals surface area (Å²) in [5.41, 5.74) is 10.1. The lowest BCUT2D eigenvalue weighted by molar-refractivity contribution is 0.161. The molecular formula is C19H23NO. The first kappa shape index (κ1) is 14.2. The molecule has 1 aliphatic heterocycles. The maximum Gasteiger partial charge on any atom is 0.126 e. The minimum atomic E-state index is 0.0437. The molecule has 2 N–H and O–H groups in total. The van der Waals surface area contributed by atoms with Crippen LogP contribution in [0.25, 0.3) is 0 Å². The van der Waals surface area contributed by atoms with Gasteiger partial charge in [-0.15, -0.1) is 0 Å². The number of nitrogens with two attached hydrogens (primary N) is 1. The molecule has 0 saturated carbocycles. The first-order valence-electron chi connectivity index (χ1n) is 7.57. The Morgan fingerprint density at radius 1 is 1.00 bits per heavy atom. The molecule has 110 valence electrons. The molecule has 2 nitrogen and oxygen atoms in total. The molecule has 2 atom stereocenters. The number of benzene rings is 2. The predicted molar refractivity (Wildman–Crippen MR) is 86.5 cm³/mol. The summed E-state index contributed by atoms with van der Waals surface area (Å²) in [5, 5.41) is 0. The van der Waals surface area contributed by atoms with Gasteiger partial charge in [0.1, 0.15) is 11.9 Å². The zero-order valence-corrected chi connectivity index (χ0v) is 13.0. The Balaban J connectivity index is 1.86. The Kier molecular flexibility index (Phi) is 3.50. The number of ether oxygens (including phenoxy) is 1. The fraction of sp³-hybridized carbons (Fsp3) is 0.368. The number of hydrogen-bond acceptors (Lipinski definition) is 2. The van der Waals surface area contributed by atoms with Gasteiger partial charge in [0.05, 0.1) is 0 Å². The summed E-state index contributed by atoms with van der Waals surface area (Å²) >= 11 is 0. The van der Waals surface area contributed by atoms with E-state index in [1.165, 1.54) is 11.1 Å². The Bertz CT molecular complexity index is 625. The van der Waals surface area contributed by atoms with Crippen molar-refractivity contribution >= 4 is 0 Å². The van der Waals surface area contributed by atoms with Crippen LogP contribution in [0.4, 0.5) is 0 Å². The number of hydrogen-bond donors (Lipinski definition) is 1. The van der Waals surface area contributed by atoms with Gasteiger partial charge in [-0.05, 0) is 22.6 Å². The van der Waals surface area contributed by atoms with E-state index in [-0.39, 0.29) is 17.6 Å². The van der Waals surface area contributed by atoms with Crippen LogP contribution in [-0.4, -0.2) is 0 Å². The fourth-order valence-corrected chi connectivity index (χ4v) is 2.86. The van der Waals surface area contributed by atoms with Crippen molar-refractivity contribution in [1.29, 1.82) is 0 Å². The van der Waals surface area contributed by atoms with Crippen molar-refractivity contribution in [3.8, 4) is 5.75 Å². The minimum absolute atomic E-state index is 0.0437. The van der Waals surface area contributed by atoms with Crippen LogP contribution in [0.15, 0.2) is 48.5 Å². The summed E-state index contributed by atoms with van der Waals surface area (Å²) in [5.74, 6) is 0.918. The molecule has 2 heteroatoms. The van der Waals surface area contributed by atoms with Gasteiger partial charge in [-0.2, -0.15) is 0 Å². The molecule has 0 bridgehead atoms. The van der Waals surface area contributed by atoms with Crippen molar-refractivity contribution < 1.29 is 4.74 Å². The SMILES string of the molecule is CC(C)(C)c1ccc(C2CC(N)c3ccccc3O2)cc1. The summed E-state index contributed by atoms with van der Waals surface area (Å²) in [7, 11) is 0. The lowest BCUT2D eigenvalue weighted by Crippen LogP contribution is -2.24. The minimum Gasteiger partial charge on any atom is -0.485 e. The lowest BCUT2D eigenvalue weighted by atomic mass is 9.85. The van der Waals surface area contributed by atoms with Crippen LogP contribution < -0.4 is 10.5 Å². The number of rotatable bonds is 1. The van der Waals surface area contributed by atoms with Gasteiger partial charge < -0.3 is 10.5 Å². The van der Waals surface area contributed by atoms with Crippen LogP contribution >= 0.6 is 0 Å². The van der Waals surface area contributed by atoms with Crippen molar-refractivity contribution in [3.05, 3.63) is 65.2 Å². The van der Waals surface area contributed by atoms with Crippen LogP contribution in [0, 0.1) is 0 Å². The van der Waals surface area contributed by atoms with Gasteiger partial charge in [-0.1, -0.05) is 63.2 Å². The van der Waals surface area contributed by atoms with Gasteiger partial charge in [-0.25, -0.2) is 0 Å². The molecule has 2 aromatic carbocycles. The molecule has 0 fully saturated rings. The van der Waals surface area contributed by atoms with E-state index in [1.54, 1.807) is 0 Å². The van der Waals surface area contributed by atoms with Crippen LogP contribution in [0.5, 0.6) is 5.75 Å². The standard InChI is InChI=1S/C19H23NO/c1-19(2,3)14-10-8-13(9-11-14)18-12-16(20)15-6-4-5-7-17(15)21-18/h4-11,16,18H,12,20H2,1-3H3. The molecule has 0 aromatic heterocycles. The van der Waals surface area contributed by atoms with E-state index < -0.39 is 0 Å². The molecule has 0 aliphatic carbocycles. The quantitative estimate of drug-likeness (QED) is 0.834. The maximum atomic E-state index is 6.29. The zero-order chi connectivity index (χ0) is 15.0. The summed E-state index contributed by atoms with van der Waals surface area (Å²) in [6.45, 7) is 6.68. The predicted octanol–water partition coefficient (Wildman–Crippen LogP) is 4.51. The van der Waals surface area contributed by atoms with E-state index in [4.69, 9.17) is 10.5 Å². The molecule has 2 aromatic rings. The van der Waals surface area contributed by atoms with Gasteiger partial charge in [0.25, 0.3) is 0 Å². The third kappa shape index (κ3) is 2.81. The number of fused-ring (bicyclic) bond motifs is 1. The lowest BCUT2D eigenvalue weighted by Gasteiger charge is -2.31. The highest BCUT2D eigenvalue weighted by Crippen LogP contribution is 2.39. The van der Waals surface area contributed by atoms with Crippen LogP contribution in [0.3, 0.4) is 0 Å². The highest BCUT2D eigenvalue weighted by atomic mass is 16.5. The molecule has 0 spiro atoms. The van der Waals surface area contributed by atoms with E-state index in [9.17, 15) is 0 Å². The van der Waals surface area contributed by atoms with Gasteiger partial charge in [0.15, 0.2) is 0 Å². The second-order valence-corrected chi connectivity index (χ2v) is 6.86. The second-order valence-electron chi connectivity index (χ2n) is 6.86. The van der Waals surface area contributed by atoms with Crippen LogP contribution in [0.1, 0.15) is 56.0 Å². The smallest absolute Gasteiger partial charge is 0.126 e. The van der Waals surface area contributed by atoms with E-state index in [1.807, 2.05) is 18.2 Å². The average molecular weight is 281 g/mol. The third-order valence-corrected chi connectivity index (χ3v) is 4.20. The van der Waals surface area contributed by atoms with Crippen molar-refractivity contribution in [3.63, 3.8) is 0 Å². The molecule has 2 unspecified atom stereocenters. The van der Waals surface area contributed by atoms with Gasteiger partial charge >= 0.3 is 0 Å². The topological polar surface area (TPSA) is 35.2 Å². The molecule has 0 radical (unpaired) electrons. The molecule has 3 rings (SSSR count). The summed E-state index contributed by atoms with van der Waals surface area (Å²) in [6, 6.07) is 16.9. The number of para-hydroxylation sites is 1. The zero-order valence-electron chi connectivity index (χ0n) is 13.0. The largest absolute Gasteiger partial charge is 0.485 e. The van der Waals surface area contributed by atoms with Crippen molar-refractivity contribution in [2.45, 2.75) is 44.8 Å². The average Bonchev–Trinajstić information content (AvgIpc) is 2.46. The van der Waals surface area contributed by atoms with Crippen molar-refractivity contribution in [2.75, 3.05) is 0 Å². The summed E-state index contributed by atoms with van der Waals surface area (Å²) < 4.78 is 6.13. The van der Waals surface area contributed by atoms with E-state index in [0.717, 1.165) is 17.7 Å². The Morgan fingerprint density at radius 3 is 2.33 bits per heavy atom. The Hall–Kier alpha value is -1.80. The molecule has 1 heterocycles. The highest BCUT2D eigenvalue weighted by molar-refractivity contribution is 5.39. The van der Waals surface area contributed by atoms with E-state index >= 15 is 0 Å². The molecular weight excluding hydrogens is 258 g/mol. The van der Waals surface area contributed by atoms with Crippen molar-refractivity contribution in [2.24, 2.45) is 5.73 Å². The Labute approximate surface area is 126 Å². The summed E-state index contributed by atoms with van der Waals surface area (Å²) in [4.78, 5) is 0. The Morgan fingerprint density at radius 2 is 1.67 bits per heavy atom. The first-order valence-corrected chi connectivity index (χ1v) is 7.57. The summed E-state index contributed by atoms with van der Waals surface area (Å²) in [6.07, 6.45) is 0.871. The monoisotopic (exact) mass is 281 g/mol. The fourth-order valence-electron chi connectivity index (χ4n) is 2.86. The molecule has 0 saturated heterocycles.